The van der Waals surface area contributed by atoms with Crippen molar-refractivity contribution in [3.63, 3.8) is 0 Å². The van der Waals surface area contributed by atoms with Gasteiger partial charge < -0.3 is 15.7 Å². The summed E-state index contributed by atoms with van der Waals surface area (Å²) < 4.78 is 19.1. The van der Waals surface area contributed by atoms with Crippen molar-refractivity contribution in [2.45, 2.75) is 25.4 Å². The molecule has 1 aromatic rings. The zero-order chi connectivity index (χ0) is 14.8. The van der Waals surface area contributed by atoms with Gasteiger partial charge in [-0.2, -0.15) is 0 Å². The van der Waals surface area contributed by atoms with Crippen LogP contribution in [-0.4, -0.2) is 41.7 Å². The molecule has 2 atom stereocenters. The standard InChI is InChI=1S/C15H20FN3O2/c16-12-3-4-14-11(6-12)7-13(21-14)9-19-5-1-2-10(8-19)15(17)18-20/h3-4,6,10,13,20H,1-2,5,7-9H2,(H2,17,18). The molecule has 1 fully saturated rings. The summed E-state index contributed by atoms with van der Waals surface area (Å²) >= 11 is 0. The van der Waals surface area contributed by atoms with E-state index in [1.807, 2.05) is 0 Å². The Balaban J connectivity index is 1.58. The van der Waals surface area contributed by atoms with Crippen LogP contribution in [0.1, 0.15) is 18.4 Å². The molecule has 0 aromatic heterocycles. The Morgan fingerprint density at radius 2 is 2.38 bits per heavy atom. The number of nitrogens with zero attached hydrogens (tertiary/aromatic N) is 2. The number of nitrogens with two attached hydrogens (primary N) is 1. The number of ether oxygens (including phenoxy) is 1. The SMILES string of the molecule is NC(=NO)C1CCCN(CC2Cc3cc(F)ccc3O2)C1. The van der Waals surface area contributed by atoms with E-state index in [0.29, 0.717) is 5.84 Å². The molecule has 6 heteroatoms. The summed E-state index contributed by atoms with van der Waals surface area (Å²) in [5, 5.41) is 11.9. The van der Waals surface area contributed by atoms with E-state index in [1.165, 1.54) is 6.07 Å². The van der Waals surface area contributed by atoms with E-state index < -0.39 is 0 Å². The Hall–Kier alpha value is -1.82. The highest BCUT2D eigenvalue weighted by Gasteiger charge is 2.29. The van der Waals surface area contributed by atoms with Gasteiger partial charge in [0.15, 0.2) is 0 Å². The second kappa shape index (κ2) is 5.89. The quantitative estimate of drug-likeness (QED) is 0.384. The van der Waals surface area contributed by atoms with Crippen LogP contribution in [0, 0.1) is 11.7 Å². The summed E-state index contributed by atoms with van der Waals surface area (Å²) in [7, 11) is 0. The number of piperidine rings is 1. The van der Waals surface area contributed by atoms with Gasteiger partial charge in [-0.3, -0.25) is 4.90 Å². The fraction of sp³-hybridized carbons (Fsp3) is 0.533. The largest absolute Gasteiger partial charge is 0.488 e. The molecule has 5 nitrogen and oxygen atoms in total. The number of hydrogen-bond donors (Lipinski definition) is 2. The minimum Gasteiger partial charge on any atom is -0.488 e. The van der Waals surface area contributed by atoms with E-state index in [-0.39, 0.29) is 17.8 Å². The van der Waals surface area contributed by atoms with Gasteiger partial charge in [-0.05, 0) is 37.6 Å². The van der Waals surface area contributed by atoms with Crippen LogP contribution in [0.2, 0.25) is 0 Å². The highest BCUT2D eigenvalue weighted by Crippen LogP contribution is 2.30. The number of rotatable bonds is 3. The molecule has 3 rings (SSSR count). The van der Waals surface area contributed by atoms with Crippen LogP contribution in [0.3, 0.4) is 0 Å². The van der Waals surface area contributed by atoms with Crippen molar-refractivity contribution in [3.05, 3.63) is 29.6 Å². The molecule has 2 unspecified atom stereocenters. The number of halogens is 1. The van der Waals surface area contributed by atoms with Crippen LogP contribution in [-0.2, 0) is 6.42 Å². The Kier molecular flexibility index (Phi) is 3.96. The molecular weight excluding hydrogens is 273 g/mol. The first-order valence-corrected chi connectivity index (χ1v) is 7.30. The van der Waals surface area contributed by atoms with Gasteiger partial charge in [-0.25, -0.2) is 4.39 Å². The van der Waals surface area contributed by atoms with Gasteiger partial charge in [-0.15, -0.1) is 0 Å². The molecule has 0 saturated carbocycles. The molecule has 1 aromatic carbocycles. The first-order chi connectivity index (χ1) is 10.2. The molecule has 2 aliphatic rings. The first-order valence-electron chi connectivity index (χ1n) is 7.30. The zero-order valence-electron chi connectivity index (χ0n) is 11.8. The van der Waals surface area contributed by atoms with E-state index >= 15 is 0 Å². The molecule has 0 spiro atoms. The maximum atomic E-state index is 13.2. The summed E-state index contributed by atoms with van der Waals surface area (Å²) in [4.78, 5) is 2.28. The molecule has 1 saturated heterocycles. The number of fused-ring (bicyclic) bond motifs is 1. The van der Waals surface area contributed by atoms with Crippen molar-refractivity contribution in [2.24, 2.45) is 16.8 Å². The zero-order valence-corrected chi connectivity index (χ0v) is 11.8. The van der Waals surface area contributed by atoms with E-state index in [9.17, 15) is 4.39 Å². The van der Waals surface area contributed by atoms with Crippen molar-refractivity contribution in [2.75, 3.05) is 19.6 Å². The Morgan fingerprint density at radius 1 is 1.52 bits per heavy atom. The minimum atomic E-state index is -0.219. The van der Waals surface area contributed by atoms with E-state index in [4.69, 9.17) is 15.7 Å². The lowest BCUT2D eigenvalue weighted by molar-refractivity contribution is 0.123. The molecule has 0 amide bonds. The predicted molar refractivity (Wildman–Crippen MR) is 77.1 cm³/mol. The monoisotopic (exact) mass is 293 g/mol. The van der Waals surface area contributed by atoms with Crippen LogP contribution >= 0.6 is 0 Å². The van der Waals surface area contributed by atoms with Crippen molar-refractivity contribution in [1.82, 2.24) is 4.90 Å². The van der Waals surface area contributed by atoms with Crippen LogP contribution in [0.25, 0.3) is 0 Å². The topological polar surface area (TPSA) is 71.1 Å². The van der Waals surface area contributed by atoms with Gasteiger partial charge in [0.2, 0.25) is 0 Å². The highest BCUT2D eigenvalue weighted by atomic mass is 19.1. The molecule has 3 N–H and O–H groups in total. The van der Waals surface area contributed by atoms with Crippen molar-refractivity contribution < 1.29 is 14.3 Å². The maximum Gasteiger partial charge on any atom is 0.143 e. The van der Waals surface area contributed by atoms with E-state index in [2.05, 4.69) is 10.1 Å². The van der Waals surface area contributed by atoms with Crippen molar-refractivity contribution in [3.8, 4) is 5.75 Å². The Labute approximate surface area is 123 Å². The van der Waals surface area contributed by atoms with Gasteiger partial charge in [0, 0.05) is 31.0 Å². The smallest absolute Gasteiger partial charge is 0.143 e. The molecule has 2 heterocycles. The third-order valence-electron chi connectivity index (χ3n) is 4.26. The summed E-state index contributed by atoms with van der Waals surface area (Å²) in [5.74, 6) is 0.969. The van der Waals surface area contributed by atoms with Gasteiger partial charge in [-0.1, -0.05) is 5.16 Å². The lowest BCUT2D eigenvalue weighted by Crippen LogP contribution is -2.45. The predicted octanol–water partition coefficient (Wildman–Crippen LogP) is 1.59. The van der Waals surface area contributed by atoms with Gasteiger partial charge in [0.05, 0.1) is 0 Å². The number of amidine groups is 1. The summed E-state index contributed by atoms with van der Waals surface area (Å²) in [5.41, 5.74) is 6.64. The van der Waals surface area contributed by atoms with Crippen LogP contribution in [0.5, 0.6) is 5.75 Å². The molecule has 21 heavy (non-hydrogen) atoms. The molecular formula is C15H20FN3O2. The van der Waals surface area contributed by atoms with Crippen molar-refractivity contribution in [1.29, 1.82) is 0 Å². The molecule has 114 valence electrons. The molecule has 0 radical (unpaired) electrons. The van der Waals surface area contributed by atoms with Gasteiger partial charge >= 0.3 is 0 Å². The van der Waals surface area contributed by atoms with E-state index in [1.54, 1.807) is 12.1 Å². The normalized spacial score (nSPS) is 26.4. The number of oxime groups is 1. The van der Waals surface area contributed by atoms with Crippen molar-refractivity contribution >= 4 is 5.84 Å². The van der Waals surface area contributed by atoms with E-state index in [0.717, 1.165) is 50.2 Å². The summed E-state index contributed by atoms with van der Waals surface area (Å²) in [6.45, 7) is 2.55. The number of benzene rings is 1. The van der Waals surface area contributed by atoms with Crippen LogP contribution in [0.15, 0.2) is 23.4 Å². The molecule has 2 aliphatic heterocycles. The highest BCUT2D eigenvalue weighted by molar-refractivity contribution is 5.82. The lowest BCUT2D eigenvalue weighted by atomic mass is 9.96. The maximum absolute atomic E-state index is 13.2. The second-order valence-electron chi connectivity index (χ2n) is 5.82. The third-order valence-corrected chi connectivity index (χ3v) is 4.26. The second-order valence-corrected chi connectivity index (χ2v) is 5.82. The van der Waals surface area contributed by atoms with Crippen LogP contribution < -0.4 is 10.5 Å². The third kappa shape index (κ3) is 3.10. The fourth-order valence-electron chi connectivity index (χ4n) is 3.22. The number of likely N-dealkylation sites (tertiary alicyclic amines) is 1. The van der Waals surface area contributed by atoms with Crippen LogP contribution in [0.4, 0.5) is 4.39 Å². The van der Waals surface area contributed by atoms with Gasteiger partial charge in [0.1, 0.15) is 23.5 Å². The molecule has 0 bridgehead atoms. The Morgan fingerprint density at radius 3 is 3.19 bits per heavy atom. The molecule has 0 aliphatic carbocycles. The summed E-state index contributed by atoms with van der Waals surface area (Å²) in [6, 6.07) is 4.67. The first kappa shape index (κ1) is 14.1. The minimum absolute atomic E-state index is 0.0489. The number of hydrogen-bond acceptors (Lipinski definition) is 4. The van der Waals surface area contributed by atoms with Gasteiger partial charge in [0.25, 0.3) is 0 Å². The summed E-state index contributed by atoms with van der Waals surface area (Å²) in [6.07, 6.45) is 2.75. The lowest BCUT2D eigenvalue weighted by Gasteiger charge is -2.33. The Bertz CT molecular complexity index is 550. The fourth-order valence-corrected chi connectivity index (χ4v) is 3.22. The average molecular weight is 293 g/mol. The average Bonchev–Trinajstić information content (AvgIpc) is 2.88.